The number of carbonyl (C=O) groups excluding carboxylic acids is 2. The first-order valence-corrected chi connectivity index (χ1v) is 14.6. The average Bonchev–Trinajstić information content (AvgIpc) is 2.98. The smallest absolute Gasteiger partial charge is 0.339 e. The third kappa shape index (κ3) is 10.1. The number of nitrogens with one attached hydrogen (secondary N) is 1. The molecule has 0 radical (unpaired) electrons. The Morgan fingerprint density at radius 1 is 0.791 bits per heavy atom. The zero-order chi connectivity index (χ0) is 31.5. The number of halogens is 4. The molecule has 0 saturated heterocycles. The van der Waals surface area contributed by atoms with Crippen LogP contribution in [0, 0.1) is 0 Å². The third-order valence-corrected chi connectivity index (χ3v) is 7.40. The molecule has 0 spiro atoms. The Balaban J connectivity index is 1.49. The number of aryl methyl sites for hydroxylation is 1. The van der Waals surface area contributed by atoms with Crippen molar-refractivity contribution in [3.8, 4) is 11.5 Å². The van der Waals surface area contributed by atoms with Crippen LogP contribution in [0.1, 0.15) is 35.2 Å². The molecule has 0 unspecified atom stereocenters. The Kier molecular flexibility index (Phi) is 13.5. The van der Waals surface area contributed by atoms with Gasteiger partial charge in [0.15, 0.2) is 11.5 Å². The molecule has 0 fully saturated rings. The molecule has 13 heteroatoms. The molecule has 43 heavy (non-hydrogen) atoms. The van der Waals surface area contributed by atoms with Crippen molar-refractivity contribution in [2.24, 2.45) is 0 Å². The van der Waals surface area contributed by atoms with Gasteiger partial charge >= 0.3 is 11.9 Å². The zero-order valence-corrected chi connectivity index (χ0v) is 26.4. The number of anilines is 2. The van der Waals surface area contributed by atoms with Crippen molar-refractivity contribution in [3.05, 3.63) is 79.7 Å². The molecule has 232 valence electrons. The van der Waals surface area contributed by atoms with Crippen molar-refractivity contribution in [3.63, 3.8) is 0 Å². The van der Waals surface area contributed by atoms with E-state index in [1.165, 1.54) is 14.2 Å². The second-order valence-corrected chi connectivity index (χ2v) is 10.9. The molecule has 0 aliphatic rings. The summed E-state index contributed by atoms with van der Waals surface area (Å²) >= 11 is 25.4. The molecular formula is C30H31Cl4NO8. The van der Waals surface area contributed by atoms with E-state index in [1.54, 1.807) is 48.5 Å². The fourth-order valence-corrected chi connectivity index (χ4v) is 5.23. The maximum absolute atomic E-state index is 12.0. The molecule has 0 amide bonds. The molecule has 3 aromatic carbocycles. The normalized spacial score (nSPS) is 12.3. The summed E-state index contributed by atoms with van der Waals surface area (Å²) in [5.41, 5.74) is 2.11. The van der Waals surface area contributed by atoms with Gasteiger partial charge in [-0.25, -0.2) is 4.79 Å². The van der Waals surface area contributed by atoms with E-state index in [4.69, 9.17) is 60.6 Å². The van der Waals surface area contributed by atoms with Crippen LogP contribution < -0.4 is 14.8 Å². The van der Waals surface area contributed by atoms with Crippen LogP contribution >= 0.6 is 46.4 Å². The van der Waals surface area contributed by atoms with Crippen LogP contribution in [0.4, 0.5) is 11.4 Å². The second-order valence-electron chi connectivity index (χ2n) is 9.30. The Morgan fingerprint density at radius 2 is 1.30 bits per heavy atom. The summed E-state index contributed by atoms with van der Waals surface area (Å²) in [6.07, 6.45) is -1.48. The molecule has 0 aromatic heterocycles. The van der Waals surface area contributed by atoms with Crippen molar-refractivity contribution in [1.29, 1.82) is 0 Å². The maximum Gasteiger partial charge on any atom is 0.339 e. The number of rotatable bonds is 15. The highest BCUT2D eigenvalue weighted by molar-refractivity contribution is 6.38. The average molecular weight is 675 g/mol. The second kappa shape index (κ2) is 16.8. The van der Waals surface area contributed by atoms with Crippen LogP contribution in [0.3, 0.4) is 0 Å². The van der Waals surface area contributed by atoms with E-state index >= 15 is 0 Å². The number of carbonyl (C=O) groups is 2. The summed E-state index contributed by atoms with van der Waals surface area (Å²) in [7, 11) is 2.62. The van der Waals surface area contributed by atoms with Gasteiger partial charge in [0.05, 0.1) is 71.0 Å². The Morgan fingerprint density at radius 3 is 1.81 bits per heavy atom. The van der Waals surface area contributed by atoms with Gasteiger partial charge in [-0.15, -0.1) is 0 Å². The van der Waals surface area contributed by atoms with E-state index < -0.39 is 18.2 Å². The summed E-state index contributed by atoms with van der Waals surface area (Å²) in [6.45, 7) is 0.0480. The molecule has 3 rings (SSSR count). The van der Waals surface area contributed by atoms with Crippen molar-refractivity contribution in [1.82, 2.24) is 0 Å². The van der Waals surface area contributed by atoms with Gasteiger partial charge in [0.25, 0.3) is 0 Å². The molecule has 0 aliphatic heterocycles. The molecule has 3 N–H and O–H groups in total. The highest BCUT2D eigenvalue weighted by Gasteiger charge is 2.19. The van der Waals surface area contributed by atoms with Gasteiger partial charge in [0.1, 0.15) is 0 Å². The van der Waals surface area contributed by atoms with Crippen LogP contribution in [-0.4, -0.2) is 61.8 Å². The van der Waals surface area contributed by atoms with Gasteiger partial charge in [-0.05, 0) is 48.4 Å². The number of aliphatic hydroxyl groups excluding tert-OH is 2. The van der Waals surface area contributed by atoms with Gasteiger partial charge < -0.3 is 34.5 Å². The number of esters is 2. The Hall–Kier alpha value is -2.92. The summed E-state index contributed by atoms with van der Waals surface area (Å²) < 4.78 is 20.8. The van der Waals surface area contributed by atoms with E-state index in [0.717, 1.165) is 5.56 Å². The monoisotopic (exact) mass is 673 g/mol. The van der Waals surface area contributed by atoms with Gasteiger partial charge in [-0.1, -0.05) is 58.5 Å². The van der Waals surface area contributed by atoms with Gasteiger partial charge in [-0.2, -0.15) is 0 Å². The van der Waals surface area contributed by atoms with Crippen molar-refractivity contribution < 1.29 is 38.7 Å². The maximum atomic E-state index is 12.0. The van der Waals surface area contributed by atoms with E-state index in [-0.39, 0.29) is 70.0 Å². The lowest BCUT2D eigenvalue weighted by Gasteiger charge is -2.19. The predicted octanol–water partition coefficient (Wildman–Crippen LogP) is 6.90. The SMILES string of the molecule is COC(=O)CCc1cc(Cl)c(OCC[C@@H](O)[C@H](O)CCOc2c(Cl)cc(Nc3ccccc3C(=O)OC)cc2Cl)c(Cl)c1. The fraction of sp³-hybridized carbons (Fsp3) is 0.333. The van der Waals surface area contributed by atoms with Crippen molar-refractivity contribution in [2.45, 2.75) is 37.9 Å². The highest BCUT2D eigenvalue weighted by Crippen LogP contribution is 2.38. The molecule has 9 nitrogen and oxygen atoms in total. The van der Waals surface area contributed by atoms with Gasteiger partial charge in [-0.3, -0.25) is 4.79 Å². The number of hydrogen-bond acceptors (Lipinski definition) is 9. The van der Waals surface area contributed by atoms with Crippen LogP contribution in [0.15, 0.2) is 48.5 Å². The number of aliphatic hydroxyl groups is 2. The fourth-order valence-electron chi connectivity index (χ4n) is 4.00. The summed E-state index contributed by atoms with van der Waals surface area (Å²) in [4.78, 5) is 23.4. The predicted molar refractivity (Wildman–Crippen MR) is 167 cm³/mol. The van der Waals surface area contributed by atoms with Gasteiger partial charge in [0, 0.05) is 24.9 Å². The largest absolute Gasteiger partial charge is 0.490 e. The van der Waals surface area contributed by atoms with Crippen molar-refractivity contribution >= 4 is 69.7 Å². The molecule has 0 saturated carbocycles. The standard InChI is InChI=1S/C30H31Cl4NO8/c1-40-27(38)8-7-17-13-20(31)28(21(32)14-17)42-11-9-25(36)26(37)10-12-43-29-22(33)15-18(16-23(29)34)35-24-6-4-3-5-19(24)30(39)41-2/h3-6,13-16,25-26,35-37H,7-12H2,1-2H3/t25-,26-/m1/s1. The summed E-state index contributed by atoms with van der Waals surface area (Å²) in [6, 6.07) is 13.3. The van der Waals surface area contributed by atoms with Gasteiger partial charge in [0.2, 0.25) is 0 Å². The lowest BCUT2D eigenvalue weighted by atomic mass is 10.1. The number of benzene rings is 3. The van der Waals surface area contributed by atoms with E-state index in [9.17, 15) is 19.8 Å². The minimum absolute atomic E-state index is 0.0150. The number of hydrogen-bond donors (Lipinski definition) is 3. The van der Waals surface area contributed by atoms with Crippen LogP contribution in [0.2, 0.25) is 20.1 Å². The molecule has 2 atom stereocenters. The molecule has 0 bridgehead atoms. The Labute approximate surface area is 269 Å². The first-order valence-electron chi connectivity index (χ1n) is 13.1. The van der Waals surface area contributed by atoms with Crippen LogP contribution in [0.5, 0.6) is 11.5 Å². The minimum atomic E-state index is -1.12. The molecule has 3 aromatic rings. The van der Waals surface area contributed by atoms with Crippen LogP contribution in [-0.2, 0) is 20.7 Å². The lowest BCUT2D eigenvalue weighted by Crippen LogP contribution is -2.29. The molecular weight excluding hydrogens is 644 g/mol. The zero-order valence-electron chi connectivity index (χ0n) is 23.4. The Bertz CT molecular complexity index is 1370. The topological polar surface area (TPSA) is 124 Å². The summed E-state index contributed by atoms with van der Waals surface area (Å²) in [5.74, 6) is -0.393. The lowest BCUT2D eigenvalue weighted by molar-refractivity contribution is -0.140. The third-order valence-electron chi connectivity index (χ3n) is 6.28. The highest BCUT2D eigenvalue weighted by atomic mass is 35.5. The van der Waals surface area contributed by atoms with Crippen molar-refractivity contribution in [2.75, 3.05) is 32.8 Å². The first-order chi connectivity index (χ1) is 20.5. The van der Waals surface area contributed by atoms with E-state index in [1.807, 2.05) is 0 Å². The van der Waals surface area contributed by atoms with Crippen LogP contribution in [0.25, 0.3) is 0 Å². The molecule has 0 heterocycles. The number of methoxy groups -OCH3 is 2. The number of ether oxygens (including phenoxy) is 4. The quantitative estimate of drug-likeness (QED) is 0.148. The summed E-state index contributed by atoms with van der Waals surface area (Å²) in [5, 5.41) is 24.8. The molecule has 0 aliphatic carbocycles. The minimum Gasteiger partial charge on any atom is -0.490 e. The van der Waals surface area contributed by atoms with E-state index in [2.05, 4.69) is 10.1 Å². The first kappa shape index (κ1) is 34.6. The number of para-hydroxylation sites is 1. The van der Waals surface area contributed by atoms with E-state index in [0.29, 0.717) is 23.4 Å².